The zero-order valence-corrected chi connectivity index (χ0v) is 11.8. The lowest BCUT2D eigenvalue weighted by Crippen LogP contribution is -2.29. The second kappa shape index (κ2) is 6.15. The van der Waals surface area contributed by atoms with Crippen LogP contribution in [0.25, 0.3) is 0 Å². The molecule has 1 saturated carbocycles. The van der Waals surface area contributed by atoms with Crippen molar-refractivity contribution in [1.82, 2.24) is 4.98 Å². The molecule has 1 aliphatic rings. The van der Waals surface area contributed by atoms with Crippen LogP contribution in [0, 0.1) is 25.7 Å². The average molecular weight is 261 g/mol. The number of hydrogen-bond donors (Lipinski definition) is 2. The van der Waals surface area contributed by atoms with Gasteiger partial charge in [-0.05, 0) is 64.1 Å². The zero-order chi connectivity index (χ0) is 13.8. The molecule has 0 saturated heterocycles. The maximum atomic E-state index is 12.2. The van der Waals surface area contributed by atoms with E-state index in [0.29, 0.717) is 5.92 Å². The number of aromatic nitrogens is 1. The van der Waals surface area contributed by atoms with Gasteiger partial charge in [0.05, 0.1) is 0 Å². The van der Waals surface area contributed by atoms with Crippen LogP contribution in [0.5, 0.6) is 0 Å². The van der Waals surface area contributed by atoms with Crippen LogP contribution in [0.1, 0.15) is 37.1 Å². The summed E-state index contributed by atoms with van der Waals surface area (Å²) in [7, 11) is 0. The summed E-state index contributed by atoms with van der Waals surface area (Å²) in [6.45, 7) is 4.63. The van der Waals surface area contributed by atoms with Crippen molar-refractivity contribution in [3.05, 3.63) is 23.5 Å². The van der Waals surface area contributed by atoms with Gasteiger partial charge < -0.3 is 11.1 Å². The van der Waals surface area contributed by atoms with Crippen molar-refractivity contribution in [3.63, 3.8) is 0 Å². The Morgan fingerprint density at radius 2 is 1.84 bits per heavy atom. The molecule has 2 rings (SSSR count). The fourth-order valence-corrected chi connectivity index (χ4v) is 2.81. The molecule has 1 amide bonds. The van der Waals surface area contributed by atoms with Crippen molar-refractivity contribution >= 4 is 11.6 Å². The number of anilines is 1. The van der Waals surface area contributed by atoms with Crippen LogP contribution in [0.2, 0.25) is 0 Å². The third-order valence-corrected chi connectivity index (χ3v) is 3.90. The highest BCUT2D eigenvalue weighted by Gasteiger charge is 2.25. The van der Waals surface area contributed by atoms with E-state index in [4.69, 9.17) is 5.73 Å². The molecule has 1 heterocycles. The van der Waals surface area contributed by atoms with E-state index in [0.717, 1.165) is 49.3 Å². The van der Waals surface area contributed by atoms with E-state index < -0.39 is 0 Å². The molecule has 1 fully saturated rings. The Hall–Kier alpha value is -1.42. The zero-order valence-electron chi connectivity index (χ0n) is 11.8. The topological polar surface area (TPSA) is 68.0 Å². The molecule has 0 bridgehead atoms. The van der Waals surface area contributed by atoms with Gasteiger partial charge in [0.15, 0.2) is 0 Å². The average Bonchev–Trinajstić information content (AvgIpc) is 2.37. The first-order valence-corrected chi connectivity index (χ1v) is 7.04. The van der Waals surface area contributed by atoms with Crippen LogP contribution < -0.4 is 11.1 Å². The van der Waals surface area contributed by atoms with Gasteiger partial charge in [0.1, 0.15) is 0 Å². The summed E-state index contributed by atoms with van der Waals surface area (Å²) < 4.78 is 0. The number of rotatable bonds is 3. The number of carbonyl (C=O) groups is 1. The van der Waals surface area contributed by atoms with Gasteiger partial charge in [-0.1, -0.05) is 0 Å². The highest BCUT2D eigenvalue weighted by atomic mass is 16.1. The fraction of sp³-hybridized carbons (Fsp3) is 0.600. The maximum absolute atomic E-state index is 12.2. The summed E-state index contributed by atoms with van der Waals surface area (Å²) in [6, 6.07) is 3.83. The molecule has 19 heavy (non-hydrogen) atoms. The number of pyridine rings is 1. The van der Waals surface area contributed by atoms with Crippen LogP contribution in [0.15, 0.2) is 12.1 Å². The summed E-state index contributed by atoms with van der Waals surface area (Å²) >= 11 is 0. The van der Waals surface area contributed by atoms with Crippen molar-refractivity contribution in [2.75, 3.05) is 11.9 Å². The second-order valence-electron chi connectivity index (χ2n) is 5.58. The first-order chi connectivity index (χ1) is 9.08. The molecule has 104 valence electrons. The van der Waals surface area contributed by atoms with E-state index in [1.54, 1.807) is 0 Å². The number of nitrogens with two attached hydrogens (primary N) is 1. The number of aryl methyl sites for hydroxylation is 2. The van der Waals surface area contributed by atoms with Crippen molar-refractivity contribution in [3.8, 4) is 0 Å². The monoisotopic (exact) mass is 261 g/mol. The lowest BCUT2D eigenvalue weighted by Gasteiger charge is -2.26. The van der Waals surface area contributed by atoms with Crippen LogP contribution in [-0.4, -0.2) is 17.4 Å². The lowest BCUT2D eigenvalue weighted by molar-refractivity contribution is -0.121. The molecular weight excluding hydrogens is 238 g/mol. The number of carbonyl (C=O) groups excluding carboxylic acids is 1. The molecule has 3 N–H and O–H groups in total. The molecule has 0 aromatic carbocycles. The molecular formula is C15H23N3O. The molecule has 0 spiro atoms. The Kier molecular flexibility index (Phi) is 4.53. The molecule has 0 unspecified atom stereocenters. The van der Waals surface area contributed by atoms with E-state index >= 15 is 0 Å². The number of nitrogens with zero attached hydrogens (tertiary/aromatic N) is 1. The quantitative estimate of drug-likeness (QED) is 0.878. The molecule has 1 aliphatic carbocycles. The standard InChI is InChI=1S/C15H23N3O/c1-10-7-14(8-11(2)17-10)18-15(19)13-5-3-12(9-16)4-6-13/h7-8,12-13H,3-6,9,16H2,1-2H3,(H,17,18,19). The molecule has 0 atom stereocenters. The van der Waals surface area contributed by atoms with Crippen molar-refractivity contribution in [2.24, 2.45) is 17.6 Å². The Balaban J connectivity index is 1.94. The van der Waals surface area contributed by atoms with E-state index in [-0.39, 0.29) is 11.8 Å². The van der Waals surface area contributed by atoms with Gasteiger partial charge in [0.25, 0.3) is 0 Å². The molecule has 1 aromatic heterocycles. The van der Waals surface area contributed by atoms with E-state index in [9.17, 15) is 4.79 Å². The van der Waals surface area contributed by atoms with Gasteiger partial charge in [-0.25, -0.2) is 0 Å². The first-order valence-electron chi connectivity index (χ1n) is 7.04. The van der Waals surface area contributed by atoms with Gasteiger partial charge in [-0.3, -0.25) is 9.78 Å². The van der Waals surface area contributed by atoms with Crippen LogP contribution >= 0.6 is 0 Å². The van der Waals surface area contributed by atoms with Crippen molar-refractivity contribution < 1.29 is 4.79 Å². The first kappa shape index (κ1) is 14.0. The Morgan fingerprint density at radius 1 is 1.26 bits per heavy atom. The van der Waals surface area contributed by atoms with Crippen LogP contribution in [-0.2, 0) is 4.79 Å². The lowest BCUT2D eigenvalue weighted by atomic mass is 9.81. The largest absolute Gasteiger partial charge is 0.330 e. The number of amides is 1. The second-order valence-corrected chi connectivity index (χ2v) is 5.58. The van der Waals surface area contributed by atoms with Gasteiger partial charge in [0, 0.05) is 23.0 Å². The maximum Gasteiger partial charge on any atom is 0.227 e. The smallest absolute Gasteiger partial charge is 0.227 e. The molecule has 4 nitrogen and oxygen atoms in total. The third-order valence-electron chi connectivity index (χ3n) is 3.90. The predicted molar refractivity (Wildman–Crippen MR) is 76.8 cm³/mol. The minimum atomic E-state index is 0.136. The molecule has 1 aromatic rings. The predicted octanol–water partition coefficient (Wildman–Crippen LogP) is 2.40. The number of nitrogens with one attached hydrogen (secondary N) is 1. The summed E-state index contributed by atoms with van der Waals surface area (Å²) in [4.78, 5) is 16.5. The summed E-state index contributed by atoms with van der Waals surface area (Å²) in [6.07, 6.45) is 4.06. The highest BCUT2D eigenvalue weighted by molar-refractivity contribution is 5.92. The van der Waals surface area contributed by atoms with Crippen molar-refractivity contribution in [1.29, 1.82) is 0 Å². The third kappa shape index (κ3) is 3.77. The Bertz CT molecular complexity index is 430. The number of hydrogen-bond acceptors (Lipinski definition) is 3. The summed E-state index contributed by atoms with van der Waals surface area (Å²) in [5.74, 6) is 0.881. The minimum Gasteiger partial charge on any atom is -0.330 e. The van der Waals surface area contributed by atoms with E-state index in [1.807, 2.05) is 26.0 Å². The normalized spacial score (nSPS) is 23.1. The summed E-state index contributed by atoms with van der Waals surface area (Å²) in [5.41, 5.74) is 8.40. The molecule has 0 aliphatic heterocycles. The van der Waals surface area contributed by atoms with Crippen LogP contribution in [0.3, 0.4) is 0 Å². The van der Waals surface area contributed by atoms with Crippen LogP contribution in [0.4, 0.5) is 5.69 Å². The highest BCUT2D eigenvalue weighted by Crippen LogP contribution is 2.29. The van der Waals surface area contributed by atoms with Gasteiger partial charge >= 0.3 is 0 Å². The van der Waals surface area contributed by atoms with Gasteiger partial charge in [-0.15, -0.1) is 0 Å². The van der Waals surface area contributed by atoms with Crippen molar-refractivity contribution in [2.45, 2.75) is 39.5 Å². The SMILES string of the molecule is Cc1cc(NC(=O)C2CCC(CN)CC2)cc(C)n1. The van der Waals surface area contributed by atoms with E-state index in [2.05, 4.69) is 10.3 Å². The Morgan fingerprint density at radius 3 is 2.37 bits per heavy atom. The van der Waals surface area contributed by atoms with E-state index in [1.165, 1.54) is 0 Å². The van der Waals surface area contributed by atoms with Gasteiger partial charge in [0.2, 0.25) is 5.91 Å². The fourth-order valence-electron chi connectivity index (χ4n) is 2.81. The molecule has 4 heteroatoms. The summed E-state index contributed by atoms with van der Waals surface area (Å²) in [5, 5.41) is 3.02. The Labute approximate surface area is 114 Å². The minimum absolute atomic E-state index is 0.136. The van der Waals surface area contributed by atoms with Gasteiger partial charge in [-0.2, -0.15) is 0 Å². The molecule has 0 radical (unpaired) electrons.